The summed E-state index contributed by atoms with van der Waals surface area (Å²) in [7, 11) is -3.34. The number of hydrogen-bond acceptors (Lipinski definition) is 10. The second-order valence-corrected chi connectivity index (χ2v) is 17.4. The topological polar surface area (TPSA) is 129 Å². The number of aromatic nitrogens is 2. The molecule has 1 spiro atoms. The van der Waals surface area contributed by atoms with E-state index in [0.717, 1.165) is 43.6 Å². The quantitative estimate of drug-likeness (QED) is 0.265. The van der Waals surface area contributed by atoms with Gasteiger partial charge in [0.15, 0.2) is 5.82 Å². The number of fused-ring (bicyclic) bond motifs is 3. The summed E-state index contributed by atoms with van der Waals surface area (Å²) in [6, 6.07) is 6.07. The number of benzene rings is 2. The molecular weight excluding hydrogens is 699 g/mol. The summed E-state index contributed by atoms with van der Waals surface area (Å²) < 4.78 is 78.7. The van der Waals surface area contributed by atoms with Crippen molar-refractivity contribution in [3.05, 3.63) is 40.4 Å². The lowest BCUT2D eigenvalue weighted by Gasteiger charge is -2.53. The van der Waals surface area contributed by atoms with Crippen molar-refractivity contribution in [3.8, 4) is 23.2 Å². The molecule has 4 aliphatic rings. The van der Waals surface area contributed by atoms with Gasteiger partial charge in [0.25, 0.3) is 0 Å². The summed E-state index contributed by atoms with van der Waals surface area (Å²) in [5, 5.41) is 10.5. The highest BCUT2D eigenvalue weighted by molar-refractivity contribution is 7.88. The van der Waals surface area contributed by atoms with E-state index in [1.54, 1.807) is 6.07 Å². The molecule has 2 aromatic heterocycles. The molecule has 49 heavy (non-hydrogen) atoms. The van der Waals surface area contributed by atoms with E-state index in [2.05, 4.69) is 9.88 Å². The third-order valence-corrected chi connectivity index (χ3v) is 13.2. The number of sulfonamides is 1. The fourth-order valence-electron chi connectivity index (χ4n) is 8.45. The Balaban J connectivity index is 1.26. The van der Waals surface area contributed by atoms with Crippen molar-refractivity contribution in [1.29, 1.82) is 5.26 Å². The number of nitrogen functional groups attached to an aromatic ring is 1. The standard InChI is InChI=1S/C33H33ClF3N7O3S2/c1-49(45,46)44-15-32(16-44)6-2-8-42(14-32)30-20-10-22(34)25(19-4-5-23(36)28-24(19)21(12-38)29(39)48-28)26(37)27(20)40-31(41-30)47-17-33-7-3-9-43(33)13-18(35)11-33/h4-5,10,18H,2-3,6-9,11,13-17,39H2,1H3/t18-,33+/m1/s1. The van der Waals surface area contributed by atoms with E-state index >= 15 is 4.39 Å². The first-order valence-corrected chi connectivity index (χ1v) is 19.2. The van der Waals surface area contributed by atoms with E-state index in [1.165, 1.54) is 22.7 Å². The molecule has 0 bridgehead atoms. The Kier molecular flexibility index (Phi) is 7.73. The molecule has 258 valence electrons. The Hall–Kier alpha value is -3.42. The molecule has 0 amide bonds. The minimum atomic E-state index is -3.34. The first kappa shape index (κ1) is 32.8. The van der Waals surface area contributed by atoms with Crippen LogP contribution in [0.25, 0.3) is 32.1 Å². The predicted molar refractivity (Wildman–Crippen MR) is 183 cm³/mol. The molecule has 6 heterocycles. The third kappa shape index (κ3) is 5.29. The molecule has 0 unspecified atom stereocenters. The fraction of sp³-hybridized carbons (Fsp3) is 0.485. The average molecular weight is 732 g/mol. The lowest BCUT2D eigenvalue weighted by atomic mass is 9.75. The van der Waals surface area contributed by atoms with Gasteiger partial charge >= 0.3 is 6.01 Å². The Bertz CT molecular complexity index is 2190. The number of hydrogen-bond donors (Lipinski definition) is 1. The van der Waals surface area contributed by atoms with Crippen LogP contribution in [0.4, 0.5) is 24.0 Å². The SMILES string of the molecule is CS(=O)(=O)N1CC2(CCCN(c3nc(OC[C@@]45CCCN4C[C@H](F)C5)nc4c(F)c(-c5ccc(F)c6sc(N)c(C#N)c56)c(Cl)cc34)C2)C1. The van der Waals surface area contributed by atoms with Gasteiger partial charge in [-0.05, 0) is 49.9 Å². The highest BCUT2D eigenvalue weighted by Gasteiger charge is 2.50. The summed E-state index contributed by atoms with van der Waals surface area (Å²) in [5.74, 6) is -1.01. The molecule has 4 saturated heterocycles. The van der Waals surface area contributed by atoms with Gasteiger partial charge in [0.2, 0.25) is 10.0 Å². The number of piperidine rings is 1. The minimum Gasteiger partial charge on any atom is -0.461 e. The molecule has 0 saturated carbocycles. The number of anilines is 2. The number of nitrogens with two attached hydrogens (primary N) is 1. The molecule has 4 aliphatic heterocycles. The average Bonchev–Trinajstić information content (AvgIpc) is 3.68. The number of halogens is 4. The van der Waals surface area contributed by atoms with Crippen LogP contribution in [-0.2, 0) is 10.0 Å². The zero-order valence-electron chi connectivity index (χ0n) is 26.6. The maximum atomic E-state index is 17.0. The van der Waals surface area contributed by atoms with Gasteiger partial charge in [0, 0.05) is 60.9 Å². The van der Waals surface area contributed by atoms with Gasteiger partial charge in [-0.25, -0.2) is 25.9 Å². The van der Waals surface area contributed by atoms with E-state index in [9.17, 15) is 22.5 Å². The summed E-state index contributed by atoms with van der Waals surface area (Å²) in [4.78, 5) is 13.5. The van der Waals surface area contributed by atoms with Crippen LogP contribution in [-0.4, -0.2) is 91.4 Å². The van der Waals surface area contributed by atoms with Gasteiger partial charge in [-0.1, -0.05) is 17.7 Å². The number of alkyl halides is 1. The van der Waals surface area contributed by atoms with Gasteiger partial charge in [0.1, 0.15) is 41.0 Å². The van der Waals surface area contributed by atoms with E-state index in [-0.39, 0.29) is 60.3 Å². The highest BCUT2D eigenvalue weighted by Crippen LogP contribution is 2.47. The third-order valence-electron chi connectivity index (χ3n) is 10.7. The van der Waals surface area contributed by atoms with Crippen molar-refractivity contribution < 1.29 is 26.3 Å². The van der Waals surface area contributed by atoms with Gasteiger partial charge in [-0.15, -0.1) is 11.3 Å². The summed E-state index contributed by atoms with van der Waals surface area (Å²) >= 11 is 7.76. The van der Waals surface area contributed by atoms with E-state index < -0.39 is 33.4 Å². The molecule has 4 fully saturated rings. The number of nitriles is 1. The molecule has 10 nitrogen and oxygen atoms in total. The van der Waals surface area contributed by atoms with Gasteiger partial charge in [-0.3, -0.25) is 4.90 Å². The molecule has 8 rings (SSSR count). The smallest absolute Gasteiger partial charge is 0.319 e. The van der Waals surface area contributed by atoms with Crippen molar-refractivity contribution in [3.63, 3.8) is 0 Å². The Morgan fingerprint density at radius 1 is 1.18 bits per heavy atom. The largest absolute Gasteiger partial charge is 0.461 e. The minimum absolute atomic E-state index is 0.00383. The normalized spacial score (nSPS) is 24.1. The Morgan fingerprint density at radius 3 is 2.71 bits per heavy atom. The predicted octanol–water partition coefficient (Wildman–Crippen LogP) is 5.71. The zero-order valence-corrected chi connectivity index (χ0v) is 29.0. The lowest BCUT2D eigenvalue weighted by molar-refractivity contribution is 0.0540. The molecular formula is C33H33ClF3N7O3S2. The van der Waals surface area contributed by atoms with Crippen LogP contribution in [0.15, 0.2) is 18.2 Å². The van der Waals surface area contributed by atoms with Crippen molar-refractivity contribution in [2.45, 2.75) is 43.8 Å². The van der Waals surface area contributed by atoms with E-state index in [4.69, 9.17) is 27.1 Å². The van der Waals surface area contributed by atoms with Crippen molar-refractivity contribution in [2.24, 2.45) is 5.41 Å². The number of nitrogens with zero attached hydrogens (tertiary/aromatic N) is 6. The maximum absolute atomic E-state index is 17.0. The molecule has 0 aliphatic carbocycles. The van der Waals surface area contributed by atoms with Gasteiger partial charge < -0.3 is 15.4 Å². The molecule has 2 atom stereocenters. The summed E-state index contributed by atoms with van der Waals surface area (Å²) in [5.41, 5.74) is 5.35. The monoisotopic (exact) mass is 731 g/mol. The summed E-state index contributed by atoms with van der Waals surface area (Å²) in [6.45, 7) is 3.05. The van der Waals surface area contributed by atoms with Crippen LogP contribution in [0.3, 0.4) is 0 Å². The van der Waals surface area contributed by atoms with Gasteiger partial charge in [-0.2, -0.15) is 15.2 Å². The Morgan fingerprint density at radius 2 is 1.96 bits per heavy atom. The van der Waals surface area contributed by atoms with Crippen LogP contribution in [0, 0.1) is 28.4 Å². The fourth-order valence-corrected chi connectivity index (χ4v) is 10.7. The Labute approximate surface area is 290 Å². The highest BCUT2D eigenvalue weighted by atomic mass is 35.5. The van der Waals surface area contributed by atoms with Crippen molar-refractivity contribution in [2.75, 3.05) is 62.8 Å². The first-order valence-electron chi connectivity index (χ1n) is 16.1. The molecule has 4 aromatic rings. The van der Waals surface area contributed by atoms with Crippen LogP contribution in [0.1, 0.15) is 37.7 Å². The zero-order chi connectivity index (χ0) is 34.5. The van der Waals surface area contributed by atoms with Crippen molar-refractivity contribution >= 4 is 64.8 Å². The van der Waals surface area contributed by atoms with Crippen molar-refractivity contribution in [1.82, 2.24) is 19.2 Å². The maximum Gasteiger partial charge on any atom is 0.319 e. The molecule has 2 aromatic carbocycles. The van der Waals surface area contributed by atoms with Crippen LogP contribution < -0.4 is 15.4 Å². The second-order valence-electron chi connectivity index (χ2n) is 13.9. The number of thiophene rings is 1. The second kappa shape index (κ2) is 11.6. The molecule has 2 N–H and O–H groups in total. The van der Waals surface area contributed by atoms with E-state index in [0.29, 0.717) is 50.3 Å². The lowest BCUT2D eigenvalue weighted by Crippen LogP contribution is -2.64. The van der Waals surface area contributed by atoms with Crippen LogP contribution >= 0.6 is 22.9 Å². The van der Waals surface area contributed by atoms with Gasteiger partial charge in [0.05, 0.1) is 27.1 Å². The van der Waals surface area contributed by atoms with Crippen LogP contribution in [0.2, 0.25) is 5.02 Å². The molecule has 16 heteroatoms. The number of ether oxygens (including phenoxy) is 1. The number of rotatable bonds is 6. The molecule has 0 radical (unpaired) electrons. The first-order chi connectivity index (χ1) is 23.3. The summed E-state index contributed by atoms with van der Waals surface area (Å²) in [6.07, 6.45) is 3.83. The van der Waals surface area contributed by atoms with Crippen LogP contribution in [0.5, 0.6) is 6.01 Å². The van der Waals surface area contributed by atoms with E-state index in [1.807, 2.05) is 11.0 Å².